The van der Waals surface area contributed by atoms with Crippen LogP contribution in [0, 0.1) is 0 Å². The van der Waals surface area contributed by atoms with Gasteiger partial charge in [0.25, 0.3) is 0 Å². The number of benzene rings is 2. The number of ether oxygens (including phenoxy) is 3. The lowest BCUT2D eigenvalue weighted by atomic mass is 10.1. The van der Waals surface area contributed by atoms with Crippen molar-refractivity contribution in [3.63, 3.8) is 0 Å². The number of rotatable bonds is 10. The summed E-state index contributed by atoms with van der Waals surface area (Å²) in [5.41, 5.74) is 1.69. The minimum atomic E-state index is -0.698. The van der Waals surface area contributed by atoms with E-state index in [1.54, 1.807) is 14.2 Å². The third-order valence-electron chi connectivity index (χ3n) is 4.31. The Morgan fingerprint density at radius 1 is 1.07 bits per heavy atom. The van der Waals surface area contributed by atoms with Gasteiger partial charge in [-0.2, -0.15) is 0 Å². The molecule has 2 rings (SSSR count). The van der Waals surface area contributed by atoms with E-state index in [1.807, 2.05) is 63.2 Å². The predicted octanol–water partition coefficient (Wildman–Crippen LogP) is 3.28. The average Bonchev–Trinajstić information content (AvgIpc) is 2.74. The van der Waals surface area contributed by atoms with Gasteiger partial charge < -0.3 is 30.0 Å². The molecule has 0 aromatic heterocycles. The second-order valence-corrected chi connectivity index (χ2v) is 6.98. The average molecular weight is 416 g/mol. The number of para-hydroxylation sites is 1. The van der Waals surface area contributed by atoms with Crippen molar-refractivity contribution in [2.45, 2.75) is 39.5 Å². The van der Waals surface area contributed by atoms with Crippen LogP contribution in [0.4, 0.5) is 0 Å². The molecule has 0 heterocycles. The van der Waals surface area contributed by atoms with Crippen molar-refractivity contribution in [2.24, 2.45) is 4.99 Å². The number of nitrogens with zero attached hydrogens (tertiary/aromatic N) is 1. The fraction of sp³-hybridized carbons (Fsp3) is 0.435. The van der Waals surface area contributed by atoms with E-state index in [1.165, 1.54) is 0 Å². The molecule has 164 valence electrons. The zero-order valence-electron chi connectivity index (χ0n) is 18.4. The van der Waals surface area contributed by atoms with Crippen LogP contribution in [-0.4, -0.2) is 44.5 Å². The molecule has 1 unspecified atom stereocenters. The van der Waals surface area contributed by atoms with Gasteiger partial charge in [0.05, 0.1) is 33.0 Å². The van der Waals surface area contributed by atoms with Gasteiger partial charge >= 0.3 is 0 Å². The summed E-state index contributed by atoms with van der Waals surface area (Å²) in [4.78, 5) is 4.61. The molecule has 0 radical (unpaired) electrons. The molecule has 3 N–H and O–H groups in total. The molecule has 2 aromatic rings. The Morgan fingerprint density at radius 3 is 2.50 bits per heavy atom. The molecule has 0 aliphatic rings. The van der Waals surface area contributed by atoms with Gasteiger partial charge in [0.15, 0.2) is 17.5 Å². The van der Waals surface area contributed by atoms with Gasteiger partial charge in [-0.25, -0.2) is 4.99 Å². The number of hydrogen-bond donors (Lipinski definition) is 3. The highest BCUT2D eigenvalue weighted by Gasteiger charge is 2.12. The van der Waals surface area contributed by atoms with E-state index in [4.69, 9.17) is 14.2 Å². The first kappa shape index (κ1) is 23.3. The zero-order valence-corrected chi connectivity index (χ0v) is 18.4. The van der Waals surface area contributed by atoms with Gasteiger partial charge in [0.1, 0.15) is 5.75 Å². The highest BCUT2D eigenvalue weighted by atomic mass is 16.5. The highest BCUT2D eigenvalue weighted by molar-refractivity contribution is 5.79. The summed E-state index contributed by atoms with van der Waals surface area (Å²) in [5, 5.41) is 17.0. The lowest BCUT2D eigenvalue weighted by Crippen LogP contribution is -2.39. The van der Waals surface area contributed by atoms with Gasteiger partial charge in [-0.1, -0.05) is 24.3 Å². The van der Waals surface area contributed by atoms with Crippen LogP contribution in [0.25, 0.3) is 0 Å². The maximum absolute atomic E-state index is 10.6. The quantitative estimate of drug-likeness (QED) is 0.408. The van der Waals surface area contributed by atoms with Crippen LogP contribution in [0.15, 0.2) is 47.5 Å². The summed E-state index contributed by atoms with van der Waals surface area (Å²) < 4.78 is 16.5. The number of hydrogen-bond acceptors (Lipinski definition) is 5. The van der Waals surface area contributed by atoms with E-state index in [-0.39, 0.29) is 6.10 Å². The van der Waals surface area contributed by atoms with E-state index in [2.05, 4.69) is 15.6 Å². The Bertz CT molecular complexity index is 824. The SMILES string of the molecule is CCNC(=NCc1cccc(OC)c1OC)NCC(O)c1cccc(OC(C)C)c1. The number of aliphatic hydroxyl groups is 1. The third kappa shape index (κ3) is 6.84. The lowest BCUT2D eigenvalue weighted by Gasteiger charge is -2.17. The molecule has 0 amide bonds. The van der Waals surface area contributed by atoms with Crippen molar-refractivity contribution < 1.29 is 19.3 Å². The van der Waals surface area contributed by atoms with Crippen LogP contribution >= 0.6 is 0 Å². The van der Waals surface area contributed by atoms with E-state index in [9.17, 15) is 5.11 Å². The van der Waals surface area contributed by atoms with Gasteiger partial charge in [-0.05, 0) is 44.5 Å². The van der Waals surface area contributed by atoms with Crippen molar-refractivity contribution in [3.8, 4) is 17.2 Å². The summed E-state index contributed by atoms with van der Waals surface area (Å²) >= 11 is 0. The van der Waals surface area contributed by atoms with Crippen LogP contribution in [-0.2, 0) is 6.54 Å². The standard InChI is InChI=1S/C23H33N3O4/c1-6-24-23(25-14-18-10-8-12-21(28-4)22(18)29-5)26-15-20(27)17-9-7-11-19(13-17)30-16(2)3/h7-13,16,20,27H,6,14-15H2,1-5H3,(H2,24,25,26). The molecule has 30 heavy (non-hydrogen) atoms. The number of methoxy groups -OCH3 is 2. The van der Waals surface area contributed by atoms with Crippen LogP contribution in [0.5, 0.6) is 17.2 Å². The van der Waals surface area contributed by atoms with Crippen molar-refractivity contribution in [1.29, 1.82) is 0 Å². The van der Waals surface area contributed by atoms with Crippen LogP contribution in [0.3, 0.4) is 0 Å². The smallest absolute Gasteiger partial charge is 0.191 e. The Kier molecular flexibility index (Phi) is 9.28. The fourth-order valence-corrected chi connectivity index (χ4v) is 2.96. The normalized spacial score (nSPS) is 12.4. The number of nitrogens with one attached hydrogen (secondary N) is 2. The lowest BCUT2D eigenvalue weighted by molar-refractivity contribution is 0.179. The molecular weight excluding hydrogens is 382 g/mol. The Balaban J connectivity index is 2.05. The fourth-order valence-electron chi connectivity index (χ4n) is 2.96. The third-order valence-corrected chi connectivity index (χ3v) is 4.31. The number of guanidine groups is 1. The van der Waals surface area contributed by atoms with E-state index >= 15 is 0 Å². The van der Waals surface area contributed by atoms with E-state index in [0.717, 1.165) is 16.9 Å². The molecule has 0 saturated heterocycles. The second-order valence-electron chi connectivity index (χ2n) is 6.98. The Hall–Kier alpha value is -2.93. The molecule has 7 heteroatoms. The van der Waals surface area contributed by atoms with Crippen LogP contribution < -0.4 is 24.8 Å². The molecule has 0 spiro atoms. The maximum Gasteiger partial charge on any atom is 0.191 e. The van der Waals surface area contributed by atoms with Crippen molar-refractivity contribution >= 4 is 5.96 Å². The van der Waals surface area contributed by atoms with Gasteiger partial charge in [-0.15, -0.1) is 0 Å². The van der Waals surface area contributed by atoms with Gasteiger partial charge in [0, 0.05) is 18.7 Å². The van der Waals surface area contributed by atoms with Crippen LogP contribution in [0.2, 0.25) is 0 Å². The minimum absolute atomic E-state index is 0.0802. The number of aliphatic imine (C=N–C) groups is 1. The first-order valence-electron chi connectivity index (χ1n) is 10.1. The van der Waals surface area contributed by atoms with Crippen molar-refractivity contribution in [2.75, 3.05) is 27.3 Å². The second kappa shape index (κ2) is 11.9. The van der Waals surface area contributed by atoms with Gasteiger partial charge in [0.2, 0.25) is 0 Å². The maximum atomic E-state index is 10.6. The van der Waals surface area contributed by atoms with E-state index in [0.29, 0.717) is 37.1 Å². The summed E-state index contributed by atoms with van der Waals surface area (Å²) in [7, 11) is 3.22. The first-order chi connectivity index (χ1) is 14.5. The van der Waals surface area contributed by atoms with E-state index < -0.39 is 6.10 Å². The molecule has 1 atom stereocenters. The Morgan fingerprint density at radius 2 is 1.83 bits per heavy atom. The number of aliphatic hydroxyl groups excluding tert-OH is 1. The van der Waals surface area contributed by atoms with Crippen molar-refractivity contribution in [1.82, 2.24) is 10.6 Å². The topological polar surface area (TPSA) is 84.3 Å². The molecule has 7 nitrogen and oxygen atoms in total. The van der Waals surface area contributed by atoms with Crippen molar-refractivity contribution in [3.05, 3.63) is 53.6 Å². The first-order valence-corrected chi connectivity index (χ1v) is 10.1. The molecular formula is C23H33N3O4. The Labute approximate surface area is 179 Å². The highest BCUT2D eigenvalue weighted by Crippen LogP contribution is 2.31. The molecule has 0 bridgehead atoms. The molecule has 0 saturated carbocycles. The summed E-state index contributed by atoms with van der Waals surface area (Å²) in [6.45, 7) is 7.36. The zero-order chi connectivity index (χ0) is 21.9. The summed E-state index contributed by atoms with van der Waals surface area (Å²) in [6.07, 6.45) is -0.618. The monoisotopic (exact) mass is 415 g/mol. The van der Waals surface area contributed by atoms with Crippen LogP contribution in [0.1, 0.15) is 38.0 Å². The summed E-state index contributed by atoms with van der Waals surface area (Å²) in [5.74, 6) is 2.69. The largest absolute Gasteiger partial charge is 0.493 e. The molecule has 2 aromatic carbocycles. The minimum Gasteiger partial charge on any atom is -0.493 e. The molecule has 0 fully saturated rings. The summed E-state index contributed by atoms with van der Waals surface area (Å²) in [6, 6.07) is 13.2. The molecule has 0 aliphatic heterocycles. The molecule has 0 aliphatic carbocycles. The van der Waals surface area contributed by atoms with Gasteiger partial charge in [-0.3, -0.25) is 0 Å². The predicted molar refractivity (Wildman–Crippen MR) is 120 cm³/mol.